The first kappa shape index (κ1) is 39.6. The van der Waals surface area contributed by atoms with Crippen molar-refractivity contribution in [2.24, 2.45) is 0 Å². The van der Waals surface area contributed by atoms with Crippen LogP contribution in [0.15, 0.2) is 206 Å². The Hall–Kier alpha value is -8.74. The monoisotopic (exact) mass is 876 g/mol. The SMILES string of the molecule is FC1(F)c2ccc(-c3cc(-c4ccc5ccccc5c4)nc(-c4ccc5c(c4)C=CCC=C5)n3)cc2-c2cc(-c3cc(-c4ccc5ccccc5c4)nc(-c4ccc5ccccc5c4)n3)ccc21. The average molecular weight is 877 g/mol. The number of benzene rings is 9. The summed E-state index contributed by atoms with van der Waals surface area (Å²) in [4.78, 5) is 20.6. The Morgan fingerprint density at radius 2 is 0.691 bits per heavy atom. The lowest BCUT2D eigenvalue weighted by Gasteiger charge is -2.14. The predicted octanol–water partition coefficient (Wildman–Crippen LogP) is 16.3. The van der Waals surface area contributed by atoms with Gasteiger partial charge in [0.25, 0.3) is 5.92 Å². The van der Waals surface area contributed by atoms with Gasteiger partial charge in [-0.1, -0.05) is 170 Å². The van der Waals surface area contributed by atoms with E-state index in [-0.39, 0.29) is 11.1 Å². The van der Waals surface area contributed by atoms with Crippen LogP contribution in [-0.2, 0) is 5.92 Å². The number of allylic oxidation sites excluding steroid dienone is 2. The Morgan fingerprint density at radius 1 is 0.324 bits per heavy atom. The van der Waals surface area contributed by atoms with E-state index in [4.69, 9.17) is 19.9 Å². The summed E-state index contributed by atoms with van der Waals surface area (Å²) in [5.74, 6) is -2.11. The van der Waals surface area contributed by atoms with Gasteiger partial charge in [0.2, 0.25) is 0 Å². The van der Waals surface area contributed by atoms with Gasteiger partial charge in [0, 0.05) is 44.5 Å². The number of rotatable bonds is 6. The first-order chi connectivity index (χ1) is 33.4. The highest BCUT2D eigenvalue weighted by molar-refractivity contribution is 5.92. The summed E-state index contributed by atoms with van der Waals surface area (Å²) in [5, 5.41) is 6.64. The minimum absolute atomic E-state index is 0.0422. The van der Waals surface area contributed by atoms with Crippen molar-refractivity contribution in [1.29, 1.82) is 0 Å². The van der Waals surface area contributed by atoms with E-state index in [9.17, 15) is 0 Å². The van der Waals surface area contributed by atoms with Crippen molar-refractivity contribution in [1.82, 2.24) is 19.9 Å². The van der Waals surface area contributed by atoms with Gasteiger partial charge in [-0.3, -0.25) is 0 Å². The highest BCUT2D eigenvalue weighted by Crippen LogP contribution is 2.53. The van der Waals surface area contributed by atoms with Crippen LogP contribution >= 0.6 is 0 Å². The van der Waals surface area contributed by atoms with Gasteiger partial charge in [-0.25, -0.2) is 19.9 Å². The number of alkyl halides is 2. The summed E-state index contributed by atoms with van der Waals surface area (Å²) in [6.07, 6.45) is 9.43. The third-order valence-electron chi connectivity index (χ3n) is 13.4. The molecule has 0 fully saturated rings. The standard InChI is InChI=1S/C62H38F2N4/c63-62(64)54-28-26-48(58-36-56(46-22-18-39-11-4-7-15-42(39)30-46)65-60(67-58)50-24-20-38-10-2-1-3-14-44(38)32-50)34-52(54)53-35-49(27-29-55(53)62)59-37-57(47-23-19-40-12-5-8-16-43(40)31-47)66-61(68-59)51-25-21-41-13-6-9-17-45(41)33-51/h2-37H,1H2. The minimum Gasteiger partial charge on any atom is -0.228 e. The molecule has 0 N–H and O–H groups in total. The number of hydrogen-bond donors (Lipinski definition) is 0. The molecule has 68 heavy (non-hydrogen) atoms. The molecular weight excluding hydrogens is 839 g/mol. The smallest absolute Gasteiger partial charge is 0.228 e. The molecule has 0 aliphatic heterocycles. The molecule has 2 aliphatic rings. The molecule has 2 heterocycles. The molecular formula is C62H38F2N4. The molecule has 320 valence electrons. The zero-order valence-electron chi connectivity index (χ0n) is 36.5. The highest BCUT2D eigenvalue weighted by atomic mass is 19.3. The Bertz CT molecular complexity index is 3850. The van der Waals surface area contributed by atoms with Crippen LogP contribution in [0.5, 0.6) is 0 Å². The van der Waals surface area contributed by atoms with Crippen LogP contribution in [0.4, 0.5) is 8.78 Å². The van der Waals surface area contributed by atoms with Crippen molar-refractivity contribution in [3.05, 3.63) is 229 Å². The first-order valence-electron chi connectivity index (χ1n) is 22.8. The lowest BCUT2D eigenvalue weighted by atomic mass is 9.97. The zero-order chi connectivity index (χ0) is 45.3. The van der Waals surface area contributed by atoms with E-state index < -0.39 is 5.92 Å². The fourth-order valence-corrected chi connectivity index (χ4v) is 9.79. The second-order valence-electron chi connectivity index (χ2n) is 17.6. The van der Waals surface area contributed by atoms with Crippen molar-refractivity contribution in [2.75, 3.05) is 0 Å². The Labute approximate surface area is 391 Å². The molecule has 0 radical (unpaired) electrons. The molecule has 13 rings (SSSR count). The van der Waals surface area contributed by atoms with Crippen LogP contribution in [0.25, 0.3) is 123 Å². The second-order valence-corrected chi connectivity index (χ2v) is 17.6. The Morgan fingerprint density at radius 3 is 1.18 bits per heavy atom. The van der Waals surface area contributed by atoms with Gasteiger partial charge in [0.05, 0.1) is 22.8 Å². The maximum atomic E-state index is 16.6. The van der Waals surface area contributed by atoms with Crippen LogP contribution < -0.4 is 0 Å². The zero-order valence-corrected chi connectivity index (χ0v) is 36.5. The van der Waals surface area contributed by atoms with Crippen LogP contribution in [0.2, 0.25) is 0 Å². The van der Waals surface area contributed by atoms with Crippen molar-refractivity contribution < 1.29 is 8.78 Å². The molecule has 0 bridgehead atoms. The van der Waals surface area contributed by atoms with Gasteiger partial charge >= 0.3 is 0 Å². The summed E-state index contributed by atoms with van der Waals surface area (Å²) in [7, 11) is 0. The fourth-order valence-electron chi connectivity index (χ4n) is 9.79. The Kier molecular flexibility index (Phi) is 9.15. The van der Waals surface area contributed by atoms with E-state index in [1.165, 1.54) is 0 Å². The van der Waals surface area contributed by atoms with Crippen LogP contribution in [0.3, 0.4) is 0 Å². The molecule has 0 spiro atoms. The number of nitrogens with zero attached hydrogens (tertiary/aromatic N) is 4. The lowest BCUT2D eigenvalue weighted by Crippen LogP contribution is -2.10. The number of aromatic nitrogens is 4. The summed E-state index contributed by atoms with van der Waals surface area (Å²) < 4.78 is 33.3. The summed E-state index contributed by atoms with van der Waals surface area (Å²) in [6, 6.07) is 64.1. The largest absolute Gasteiger partial charge is 0.299 e. The van der Waals surface area contributed by atoms with E-state index in [2.05, 4.69) is 127 Å². The van der Waals surface area contributed by atoms with Crippen molar-refractivity contribution >= 4 is 44.5 Å². The third-order valence-corrected chi connectivity index (χ3v) is 13.4. The van der Waals surface area contributed by atoms with E-state index in [1.54, 1.807) is 24.3 Å². The van der Waals surface area contributed by atoms with Gasteiger partial charge < -0.3 is 0 Å². The maximum absolute atomic E-state index is 16.6. The van der Waals surface area contributed by atoms with Crippen molar-refractivity contribution in [2.45, 2.75) is 12.3 Å². The summed E-state index contributed by atoms with van der Waals surface area (Å²) in [5.41, 5.74) is 10.8. The fraction of sp³-hybridized carbons (Fsp3) is 0.0323. The van der Waals surface area contributed by atoms with E-state index in [1.807, 2.05) is 66.7 Å². The quantitative estimate of drug-likeness (QED) is 0.167. The van der Waals surface area contributed by atoms with Crippen LogP contribution in [0.1, 0.15) is 28.7 Å². The van der Waals surface area contributed by atoms with Crippen LogP contribution in [-0.4, -0.2) is 19.9 Å². The predicted molar refractivity (Wildman–Crippen MR) is 274 cm³/mol. The molecule has 2 aromatic heterocycles. The van der Waals surface area contributed by atoms with Gasteiger partial charge in [-0.05, 0) is 110 Å². The molecule has 2 aliphatic carbocycles. The molecule has 0 amide bonds. The molecule has 6 heteroatoms. The lowest BCUT2D eigenvalue weighted by molar-refractivity contribution is 0.0480. The van der Waals surface area contributed by atoms with Crippen molar-refractivity contribution in [3.63, 3.8) is 0 Å². The second kappa shape index (κ2) is 15.7. The van der Waals surface area contributed by atoms with E-state index in [0.717, 1.165) is 83.5 Å². The molecule has 0 saturated heterocycles. The number of fused-ring (bicyclic) bond motifs is 7. The van der Waals surface area contributed by atoms with Crippen molar-refractivity contribution in [3.8, 4) is 78.9 Å². The van der Waals surface area contributed by atoms with Gasteiger partial charge in [-0.15, -0.1) is 0 Å². The maximum Gasteiger partial charge on any atom is 0.299 e. The molecule has 0 unspecified atom stereocenters. The van der Waals surface area contributed by atoms with Crippen LogP contribution in [0, 0.1) is 0 Å². The minimum atomic E-state index is -3.21. The third kappa shape index (κ3) is 6.88. The Balaban J connectivity index is 0.956. The average Bonchev–Trinajstić information content (AvgIpc) is 3.50. The summed E-state index contributed by atoms with van der Waals surface area (Å²) in [6.45, 7) is 0. The molecule has 9 aromatic carbocycles. The molecule has 0 atom stereocenters. The van der Waals surface area contributed by atoms with E-state index >= 15 is 8.78 Å². The van der Waals surface area contributed by atoms with Gasteiger partial charge in [0.1, 0.15) is 0 Å². The van der Waals surface area contributed by atoms with E-state index in [0.29, 0.717) is 45.3 Å². The number of hydrogen-bond acceptors (Lipinski definition) is 4. The number of halogens is 2. The van der Waals surface area contributed by atoms with Gasteiger partial charge in [0.15, 0.2) is 11.6 Å². The topological polar surface area (TPSA) is 51.6 Å². The highest BCUT2D eigenvalue weighted by Gasteiger charge is 2.44. The first-order valence-corrected chi connectivity index (χ1v) is 22.8. The van der Waals surface area contributed by atoms with Gasteiger partial charge in [-0.2, -0.15) is 8.78 Å². The molecule has 4 nitrogen and oxygen atoms in total. The summed E-state index contributed by atoms with van der Waals surface area (Å²) >= 11 is 0. The normalized spacial score (nSPS) is 13.4. The molecule has 11 aromatic rings. The molecule has 0 saturated carbocycles.